The first-order valence-electron chi connectivity index (χ1n) is 6.19. The van der Waals surface area contributed by atoms with Gasteiger partial charge in [-0.05, 0) is 19.4 Å². The number of sulfonamides is 1. The topological polar surface area (TPSA) is 68.6 Å². The van der Waals surface area contributed by atoms with E-state index in [0.29, 0.717) is 6.42 Å². The first kappa shape index (κ1) is 15.7. The van der Waals surface area contributed by atoms with Crippen LogP contribution >= 0.6 is 0 Å². The van der Waals surface area contributed by atoms with E-state index in [-0.39, 0.29) is 24.6 Å². The van der Waals surface area contributed by atoms with Gasteiger partial charge in [0.2, 0.25) is 10.0 Å². The van der Waals surface area contributed by atoms with Crippen LogP contribution in [0.2, 0.25) is 0 Å². The largest absolute Gasteiger partial charge is 0.465 e. The number of carbonyl (C=O) groups excluding carboxylic acids is 1. The van der Waals surface area contributed by atoms with E-state index in [4.69, 9.17) is 4.74 Å². The van der Waals surface area contributed by atoms with Gasteiger partial charge in [-0.1, -0.05) is 6.92 Å². The number of aromatic nitrogens is 1. The number of esters is 1. The van der Waals surface area contributed by atoms with E-state index in [1.807, 2.05) is 6.92 Å². The Morgan fingerprint density at radius 3 is 2.58 bits per heavy atom. The molecule has 0 saturated heterocycles. The lowest BCUT2D eigenvalue weighted by Crippen LogP contribution is -2.36. The van der Waals surface area contributed by atoms with E-state index < -0.39 is 16.0 Å². The standard InChI is InChI=1S/C12H20N2O4S/c1-4-7-14(10-12(15)18-5-2)19(16,17)11-6-8-13(3)9-11/h6,8-9H,4-5,7,10H2,1-3H3. The van der Waals surface area contributed by atoms with Crippen molar-refractivity contribution in [1.82, 2.24) is 8.87 Å². The van der Waals surface area contributed by atoms with Gasteiger partial charge in [-0.15, -0.1) is 0 Å². The highest BCUT2D eigenvalue weighted by Crippen LogP contribution is 2.16. The third-order valence-electron chi connectivity index (χ3n) is 2.53. The first-order valence-corrected chi connectivity index (χ1v) is 7.63. The fourth-order valence-corrected chi connectivity index (χ4v) is 3.19. The Labute approximate surface area is 114 Å². The molecule has 0 spiro atoms. The lowest BCUT2D eigenvalue weighted by atomic mass is 10.5. The molecule has 6 nitrogen and oxygen atoms in total. The van der Waals surface area contributed by atoms with Crippen LogP contribution in [0, 0.1) is 0 Å². The molecule has 1 aromatic rings. The van der Waals surface area contributed by atoms with Gasteiger partial charge in [-0.2, -0.15) is 4.31 Å². The van der Waals surface area contributed by atoms with Crippen molar-refractivity contribution in [3.8, 4) is 0 Å². The molecule has 0 radical (unpaired) electrons. The molecule has 1 heterocycles. The summed E-state index contributed by atoms with van der Waals surface area (Å²) in [5.41, 5.74) is 0. The van der Waals surface area contributed by atoms with Crippen LogP contribution in [-0.4, -0.2) is 43.0 Å². The first-order chi connectivity index (χ1) is 8.91. The molecule has 108 valence electrons. The minimum absolute atomic E-state index is 0.188. The summed E-state index contributed by atoms with van der Waals surface area (Å²) in [5, 5.41) is 0. The molecular weight excluding hydrogens is 268 g/mol. The summed E-state index contributed by atoms with van der Waals surface area (Å²) >= 11 is 0. The highest BCUT2D eigenvalue weighted by atomic mass is 32.2. The molecule has 0 aliphatic carbocycles. The quantitative estimate of drug-likeness (QED) is 0.702. The molecule has 0 amide bonds. The number of aryl methyl sites for hydroxylation is 1. The van der Waals surface area contributed by atoms with Crippen LogP contribution in [0.3, 0.4) is 0 Å². The number of ether oxygens (including phenoxy) is 1. The zero-order valence-corrected chi connectivity index (χ0v) is 12.3. The Hall–Kier alpha value is -1.34. The van der Waals surface area contributed by atoms with Crippen LogP contribution in [-0.2, 0) is 26.6 Å². The lowest BCUT2D eigenvalue weighted by Gasteiger charge is -2.19. The van der Waals surface area contributed by atoms with Crippen molar-refractivity contribution in [2.45, 2.75) is 25.2 Å². The Bertz CT molecular complexity index is 522. The van der Waals surface area contributed by atoms with E-state index in [2.05, 4.69) is 0 Å². The van der Waals surface area contributed by atoms with E-state index >= 15 is 0 Å². The molecule has 0 N–H and O–H groups in total. The normalized spacial score (nSPS) is 11.8. The molecule has 0 bridgehead atoms. The Morgan fingerprint density at radius 2 is 2.11 bits per heavy atom. The van der Waals surface area contributed by atoms with Crippen molar-refractivity contribution in [2.24, 2.45) is 7.05 Å². The highest BCUT2D eigenvalue weighted by Gasteiger charge is 2.26. The highest BCUT2D eigenvalue weighted by molar-refractivity contribution is 7.89. The van der Waals surface area contributed by atoms with Crippen molar-refractivity contribution in [1.29, 1.82) is 0 Å². The van der Waals surface area contributed by atoms with Crippen molar-refractivity contribution in [3.05, 3.63) is 18.5 Å². The number of hydrogen-bond acceptors (Lipinski definition) is 4. The molecule has 0 saturated carbocycles. The molecule has 0 atom stereocenters. The number of nitrogens with zero attached hydrogens (tertiary/aromatic N) is 2. The average molecular weight is 288 g/mol. The predicted molar refractivity (Wildman–Crippen MR) is 71.1 cm³/mol. The summed E-state index contributed by atoms with van der Waals surface area (Å²) in [7, 11) is -1.90. The Balaban J connectivity index is 2.94. The summed E-state index contributed by atoms with van der Waals surface area (Å²) in [6, 6.07) is 1.52. The minimum atomic E-state index is -3.64. The molecule has 0 aliphatic rings. The molecule has 0 aliphatic heterocycles. The lowest BCUT2D eigenvalue weighted by molar-refractivity contribution is -0.143. The van der Waals surface area contributed by atoms with Crippen molar-refractivity contribution < 1.29 is 17.9 Å². The van der Waals surface area contributed by atoms with Gasteiger partial charge in [-0.25, -0.2) is 8.42 Å². The number of carbonyl (C=O) groups is 1. The van der Waals surface area contributed by atoms with E-state index in [1.54, 1.807) is 24.7 Å². The third-order valence-corrected chi connectivity index (χ3v) is 4.36. The molecule has 1 aromatic heterocycles. The van der Waals surface area contributed by atoms with Gasteiger partial charge < -0.3 is 9.30 Å². The van der Waals surface area contributed by atoms with Gasteiger partial charge in [0.1, 0.15) is 6.54 Å². The van der Waals surface area contributed by atoms with Gasteiger partial charge in [0.05, 0.1) is 11.5 Å². The van der Waals surface area contributed by atoms with Crippen LogP contribution in [0.1, 0.15) is 20.3 Å². The maximum atomic E-state index is 12.4. The van der Waals surface area contributed by atoms with Gasteiger partial charge in [0.25, 0.3) is 0 Å². The summed E-state index contributed by atoms with van der Waals surface area (Å²) < 4.78 is 32.4. The molecule has 0 fully saturated rings. The number of rotatable bonds is 7. The minimum Gasteiger partial charge on any atom is -0.465 e. The molecule has 1 rings (SSSR count). The summed E-state index contributed by atoms with van der Waals surface area (Å²) in [6.07, 6.45) is 3.80. The number of hydrogen-bond donors (Lipinski definition) is 0. The zero-order chi connectivity index (χ0) is 14.5. The molecular formula is C12H20N2O4S. The predicted octanol–water partition coefficient (Wildman–Crippen LogP) is 0.989. The summed E-state index contributed by atoms with van der Waals surface area (Å²) in [6.45, 7) is 3.82. The van der Waals surface area contributed by atoms with Gasteiger partial charge in [0.15, 0.2) is 0 Å². The molecule has 19 heavy (non-hydrogen) atoms. The SMILES string of the molecule is CCCN(CC(=O)OCC)S(=O)(=O)c1ccn(C)c1. The van der Waals surface area contributed by atoms with Crippen LogP contribution in [0.15, 0.2) is 23.4 Å². The summed E-state index contributed by atoms with van der Waals surface area (Å²) in [4.78, 5) is 11.7. The Morgan fingerprint density at radius 1 is 1.42 bits per heavy atom. The fourth-order valence-electron chi connectivity index (χ4n) is 1.66. The van der Waals surface area contributed by atoms with Crippen molar-refractivity contribution in [2.75, 3.05) is 19.7 Å². The van der Waals surface area contributed by atoms with Crippen LogP contribution in [0.5, 0.6) is 0 Å². The van der Waals surface area contributed by atoms with Gasteiger partial charge in [0, 0.05) is 26.0 Å². The second kappa shape index (κ2) is 6.72. The average Bonchev–Trinajstić information content (AvgIpc) is 2.76. The molecule has 0 unspecified atom stereocenters. The van der Waals surface area contributed by atoms with E-state index in [1.165, 1.54) is 12.3 Å². The second-order valence-corrected chi connectivity index (χ2v) is 6.09. The van der Waals surface area contributed by atoms with Gasteiger partial charge in [-0.3, -0.25) is 4.79 Å². The van der Waals surface area contributed by atoms with Crippen LogP contribution in [0.4, 0.5) is 0 Å². The van der Waals surface area contributed by atoms with Crippen LogP contribution < -0.4 is 0 Å². The third kappa shape index (κ3) is 4.07. The van der Waals surface area contributed by atoms with Gasteiger partial charge >= 0.3 is 5.97 Å². The monoisotopic (exact) mass is 288 g/mol. The second-order valence-electron chi connectivity index (χ2n) is 4.16. The van der Waals surface area contributed by atoms with E-state index in [9.17, 15) is 13.2 Å². The van der Waals surface area contributed by atoms with E-state index in [0.717, 1.165) is 4.31 Å². The maximum absolute atomic E-state index is 12.4. The molecule has 0 aromatic carbocycles. The maximum Gasteiger partial charge on any atom is 0.321 e. The van der Waals surface area contributed by atoms with Crippen LogP contribution in [0.25, 0.3) is 0 Å². The van der Waals surface area contributed by atoms with Crippen molar-refractivity contribution in [3.63, 3.8) is 0 Å². The smallest absolute Gasteiger partial charge is 0.321 e. The molecule has 7 heteroatoms. The summed E-state index contributed by atoms with van der Waals surface area (Å²) in [5.74, 6) is -0.532. The van der Waals surface area contributed by atoms with Crippen molar-refractivity contribution >= 4 is 16.0 Å². The Kier molecular flexibility index (Phi) is 5.56. The zero-order valence-electron chi connectivity index (χ0n) is 11.5. The fraction of sp³-hybridized carbons (Fsp3) is 0.583.